The summed E-state index contributed by atoms with van der Waals surface area (Å²) in [5.74, 6) is -2.70. The van der Waals surface area contributed by atoms with Gasteiger partial charge in [0, 0.05) is 11.7 Å². The molecule has 0 aromatic heterocycles. The van der Waals surface area contributed by atoms with Gasteiger partial charge in [-0.3, -0.25) is 9.59 Å². The van der Waals surface area contributed by atoms with Gasteiger partial charge in [0.2, 0.25) is 11.8 Å². The Hall–Kier alpha value is -3.00. The van der Waals surface area contributed by atoms with Crippen molar-refractivity contribution in [3.05, 3.63) is 65.7 Å². The Morgan fingerprint density at radius 1 is 0.848 bits per heavy atom. The van der Waals surface area contributed by atoms with E-state index in [1.54, 1.807) is 26.0 Å². The van der Waals surface area contributed by atoms with E-state index >= 15 is 0 Å². The SMILES string of the molecule is CC(S)C(Cc1ccccc1)C(=O)N[C@H](C(=O)N[C@@H](Cc1ccc(O)cc1)C(=O)O)C(C)C. The van der Waals surface area contributed by atoms with Crippen LogP contribution in [0.3, 0.4) is 0 Å². The monoisotopic (exact) mass is 472 g/mol. The standard InChI is InChI=1S/C25H32N2O5S/c1-15(2)22(27-23(29)20(16(3)33)13-17-7-5-4-6-8-17)24(30)26-21(25(31)32)14-18-9-11-19(28)12-10-18/h4-12,15-16,20-22,28,33H,13-14H2,1-3H3,(H,26,30)(H,27,29)(H,31,32)/t16?,20?,21-,22-/m0/s1. The Balaban J connectivity index is 2.11. The molecule has 178 valence electrons. The molecule has 2 unspecified atom stereocenters. The van der Waals surface area contributed by atoms with Crippen molar-refractivity contribution < 1.29 is 24.6 Å². The largest absolute Gasteiger partial charge is 0.508 e. The number of phenols is 1. The minimum atomic E-state index is -1.18. The number of carbonyl (C=O) groups excluding carboxylic acids is 2. The molecule has 0 heterocycles. The highest BCUT2D eigenvalue weighted by Crippen LogP contribution is 2.18. The Labute approximate surface area is 200 Å². The average Bonchev–Trinajstić information content (AvgIpc) is 2.76. The highest BCUT2D eigenvalue weighted by molar-refractivity contribution is 7.81. The van der Waals surface area contributed by atoms with Gasteiger partial charge in [0.1, 0.15) is 17.8 Å². The third-order valence-corrected chi connectivity index (χ3v) is 5.82. The number of hydrogen-bond acceptors (Lipinski definition) is 5. The molecule has 4 N–H and O–H groups in total. The molecule has 0 aliphatic rings. The number of carboxylic acids is 1. The van der Waals surface area contributed by atoms with Crippen LogP contribution in [0.5, 0.6) is 5.75 Å². The first kappa shape index (κ1) is 26.3. The van der Waals surface area contributed by atoms with E-state index in [0.29, 0.717) is 12.0 Å². The second-order valence-corrected chi connectivity index (χ2v) is 9.35. The topological polar surface area (TPSA) is 116 Å². The fourth-order valence-corrected chi connectivity index (χ4v) is 3.72. The van der Waals surface area contributed by atoms with Gasteiger partial charge >= 0.3 is 5.97 Å². The summed E-state index contributed by atoms with van der Waals surface area (Å²) in [5, 5.41) is 24.1. The van der Waals surface area contributed by atoms with E-state index in [1.165, 1.54) is 12.1 Å². The van der Waals surface area contributed by atoms with E-state index in [0.717, 1.165) is 5.56 Å². The summed E-state index contributed by atoms with van der Waals surface area (Å²) in [7, 11) is 0. The number of carbonyl (C=O) groups is 3. The van der Waals surface area contributed by atoms with E-state index in [9.17, 15) is 24.6 Å². The van der Waals surface area contributed by atoms with Crippen molar-refractivity contribution in [1.82, 2.24) is 10.6 Å². The molecule has 0 aliphatic heterocycles. The molecule has 2 amide bonds. The number of amides is 2. The summed E-state index contributed by atoms with van der Waals surface area (Å²) < 4.78 is 0. The molecule has 33 heavy (non-hydrogen) atoms. The fraction of sp³-hybridized carbons (Fsp3) is 0.400. The van der Waals surface area contributed by atoms with Crippen LogP contribution >= 0.6 is 12.6 Å². The summed E-state index contributed by atoms with van der Waals surface area (Å²) in [4.78, 5) is 37.8. The van der Waals surface area contributed by atoms with Gasteiger partial charge in [-0.2, -0.15) is 12.6 Å². The quantitative estimate of drug-likeness (QED) is 0.323. The summed E-state index contributed by atoms with van der Waals surface area (Å²) in [5.41, 5.74) is 1.64. The van der Waals surface area contributed by atoms with Gasteiger partial charge in [-0.1, -0.05) is 63.2 Å². The van der Waals surface area contributed by atoms with Crippen LogP contribution in [0.15, 0.2) is 54.6 Å². The molecule has 2 rings (SSSR count). The molecule has 0 spiro atoms. The number of aromatic hydroxyl groups is 1. The second kappa shape index (κ2) is 12.3. The lowest BCUT2D eigenvalue weighted by Gasteiger charge is -2.27. The van der Waals surface area contributed by atoms with Crippen LogP contribution in [0.2, 0.25) is 0 Å². The van der Waals surface area contributed by atoms with Crippen LogP contribution in [-0.4, -0.2) is 45.3 Å². The van der Waals surface area contributed by atoms with Gasteiger partial charge in [0.25, 0.3) is 0 Å². The van der Waals surface area contributed by atoms with Crippen LogP contribution in [0.1, 0.15) is 31.9 Å². The smallest absolute Gasteiger partial charge is 0.326 e. The number of phenolic OH excluding ortho intramolecular Hbond substituents is 1. The van der Waals surface area contributed by atoms with Crippen LogP contribution in [0, 0.1) is 11.8 Å². The lowest BCUT2D eigenvalue weighted by Crippen LogP contribution is -2.55. The normalized spacial score (nSPS) is 14.7. The summed E-state index contributed by atoms with van der Waals surface area (Å²) >= 11 is 4.48. The van der Waals surface area contributed by atoms with Crippen molar-refractivity contribution in [1.29, 1.82) is 0 Å². The number of nitrogens with one attached hydrogen (secondary N) is 2. The minimum absolute atomic E-state index is 0.0461. The maximum Gasteiger partial charge on any atom is 0.326 e. The summed E-state index contributed by atoms with van der Waals surface area (Å²) in [6.07, 6.45) is 0.521. The van der Waals surface area contributed by atoms with E-state index in [2.05, 4.69) is 23.3 Å². The van der Waals surface area contributed by atoms with Gasteiger partial charge in [-0.05, 0) is 35.6 Å². The molecule has 0 fully saturated rings. The third-order valence-electron chi connectivity index (χ3n) is 5.46. The molecule has 2 aromatic rings. The van der Waals surface area contributed by atoms with Crippen LogP contribution in [0.25, 0.3) is 0 Å². The molecule has 2 aromatic carbocycles. The number of benzene rings is 2. The Kier molecular flexibility index (Phi) is 9.78. The van der Waals surface area contributed by atoms with Gasteiger partial charge in [-0.25, -0.2) is 4.79 Å². The van der Waals surface area contributed by atoms with Crippen molar-refractivity contribution >= 4 is 30.4 Å². The summed E-state index contributed by atoms with van der Waals surface area (Å²) in [6, 6.07) is 13.6. The van der Waals surface area contributed by atoms with E-state index in [-0.39, 0.29) is 29.2 Å². The molecule has 0 saturated carbocycles. The zero-order valence-corrected chi connectivity index (χ0v) is 20.0. The zero-order valence-electron chi connectivity index (χ0n) is 19.1. The van der Waals surface area contributed by atoms with Crippen LogP contribution in [-0.2, 0) is 27.2 Å². The van der Waals surface area contributed by atoms with Crippen molar-refractivity contribution in [2.24, 2.45) is 11.8 Å². The van der Waals surface area contributed by atoms with Gasteiger partial charge in [0.15, 0.2) is 0 Å². The number of rotatable bonds is 11. The van der Waals surface area contributed by atoms with Gasteiger partial charge in [0.05, 0.1) is 5.92 Å². The molecule has 0 bridgehead atoms. The van der Waals surface area contributed by atoms with E-state index in [4.69, 9.17) is 0 Å². The second-order valence-electron chi connectivity index (χ2n) is 8.54. The molecule has 7 nitrogen and oxygen atoms in total. The molecule has 0 radical (unpaired) electrons. The first-order valence-corrected chi connectivity index (χ1v) is 11.4. The van der Waals surface area contributed by atoms with Crippen molar-refractivity contribution in [3.8, 4) is 5.75 Å². The molecular formula is C25H32N2O5S. The highest BCUT2D eigenvalue weighted by atomic mass is 32.1. The first-order chi connectivity index (χ1) is 15.6. The third kappa shape index (κ3) is 8.13. The van der Waals surface area contributed by atoms with Crippen molar-refractivity contribution in [2.75, 3.05) is 0 Å². The maximum absolute atomic E-state index is 13.1. The molecule has 4 atom stereocenters. The lowest BCUT2D eigenvalue weighted by molar-refractivity contribution is -0.142. The van der Waals surface area contributed by atoms with Crippen LogP contribution < -0.4 is 10.6 Å². The first-order valence-electron chi connectivity index (χ1n) is 10.9. The molecule has 0 aliphatic carbocycles. The van der Waals surface area contributed by atoms with Crippen LogP contribution in [0.4, 0.5) is 0 Å². The molecule has 8 heteroatoms. The minimum Gasteiger partial charge on any atom is -0.508 e. The maximum atomic E-state index is 13.1. The van der Waals surface area contributed by atoms with Gasteiger partial charge < -0.3 is 20.8 Å². The fourth-order valence-electron chi connectivity index (χ4n) is 3.47. The molecular weight excluding hydrogens is 440 g/mol. The average molecular weight is 473 g/mol. The number of aliphatic carboxylic acids is 1. The lowest BCUT2D eigenvalue weighted by atomic mass is 9.94. The van der Waals surface area contributed by atoms with E-state index in [1.807, 2.05) is 37.3 Å². The van der Waals surface area contributed by atoms with Crippen molar-refractivity contribution in [2.45, 2.75) is 50.9 Å². The van der Waals surface area contributed by atoms with Gasteiger partial charge in [-0.15, -0.1) is 0 Å². The highest BCUT2D eigenvalue weighted by Gasteiger charge is 2.32. The predicted molar refractivity (Wildman–Crippen MR) is 130 cm³/mol. The molecule has 0 saturated heterocycles. The Morgan fingerprint density at radius 3 is 1.94 bits per heavy atom. The Morgan fingerprint density at radius 2 is 1.42 bits per heavy atom. The predicted octanol–water partition coefficient (Wildman–Crippen LogP) is 2.82. The summed E-state index contributed by atoms with van der Waals surface area (Å²) in [6.45, 7) is 5.41. The van der Waals surface area contributed by atoms with E-state index < -0.39 is 29.9 Å². The number of hydrogen-bond donors (Lipinski definition) is 5. The number of thiol groups is 1. The van der Waals surface area contributed by atoms with Crippen molar-refractivity contribution in [3.63, 3.8) is 0 Å². The Bertz CT molecular complexity index is 932. The zero-order chi connectivity index (χ0) is 24.5. The number of carboxylic acid groups (broad SMARTS) is 1.